The third kappa shape index (κ3) is 5.65. The van der Waals surface area contributed by atoms with E-state index in [1.807, 2.05) is 4.90 Å². The fourth-order valence-corrected chi connectivity index (χ4v) is 4.72. The molecule has 0 bridgehead atoms. The molecule has 2 aromatic rings. The number of halogens is 2. The molecule has 1 N–H and O–H groups in total. The quantitative estimate of drug-likeness (QED) is 0.680. The Morgan fingerprint density at radius 1 is 1.21 bits per heavy atom. The Balaban J connectivity index is 1.24. The lowest BCUT2D eigenvalue weighted by Gasteiger charge is -2.40. The van der Waals surface area contributed by atoms with Gasteiger partial charge >= 0.3 is 0 Å². The summed E-state index contributed by atoms with van der Waals surface area (Å²) in [4.78, 5) is 26.9. The standard InChI is InChI=1S/C25H28ClFN2O4/c1-17(32-19-6-4-5-18(26)15-19)24(31)29-13-11-25(12-14-29)10-9-20(33-25)16-28-23(30)21-7-2-3-8-22(21)27/h2-8,15,17,20H,9-14,16H2,1H3,(H,28,30). The molecule has 2 fully saturated rings. The lowest BCUT2D eigenvalue weighted by molar-refractivity contribution is -0.144. The van der Waals surface area contributed by atoms with Gasteiger partial charge < -0.3 is 19.7 Å². The Kier molecular flexibility index (Phi) is 7.20. The molecule has 4 rings (SSSR count). The molecule has 1 spiro atoms. The highest BCUT2D eigenvalue weighted by Gasteiger charge is 2.43. The maximum absolute atomic E-state index is 13.8. The minimum absolute atomic E-state index is 0.0335. The molecular weight excluding hydrogens is 447 g/mol. The van der Waals surface area contributed by atoms with Gasteiger partial charge in [0, 0.05) is 24.7 Å². The van der Waals surface area contributed by atoms with Gasteiger partial charge in [-0.25, -0.2) is 4.39 Å². The van der Waals surface area contributed by atoms with Crippen molar-refractivity contribution in [2.24, 2.45) is 0 Å². The van der Waals surface area contributed by atoms with Crippen LogP contribution < -0.4 is 10.1 Å². The fourth-order valence-electron chi connectivity index (χ4n) is 4.54. The van der Waals surface area contributed by atoms with Crippen LogP contribution in [0.5, 0.6) is 5.75 Å². The molecule has 0 saturated carbocycles. The van der Waals surface area contributed by atoms with Crippen LogP contribution in [0.15, 0.2) is 48.5 Å². The second-order valence-electron chi connectivity index (χ2n) is 8.69. The number of carbonyl (C=O) groups excluding carboxylic acids is 2. The molecule has 2 saturated heterocycles. The SMILES string of the molecule is CC(Oc1cccc(Cl)c1)C(=O)N1CCC2(CCC(CNC(=O)c3ccccc3F)O2)CC1. The summed E-state index contributed by atoms with van der Waals surface area (Å²) < 4.78 is 25.9. The summed E-state index contributed by atoms with van der Waals surface area (Å²) in [7, 11) is 0. The molecule has 2 unspecified atom stereocenters. The van der Waals surface area contributed by atoms with E-state index in [4.69, 9.17) is 21.1 Å². The van der Waals surface area contributed by atoms with Gasteiger partial charge in [0.1, 0.15) is 11.6 Å². The number of carbonyl (C=O) groups is 2. The summed E-state index contributed by atoms with van der Waals surface area (Å²) in [6.45, 7) is 3.27. The molecule has 2 aliphatic heterocycles. The Bertz CT molecular complexity index is 1010. The van der Waals surface area contributed by atoms with Crippen LogP contribution >= 0.6 is 11.6 Å². The highest BCUT2D eigenvalue weighted by molar-refractivity contribution is 6.30. The summed E-state index contributed by atoms with van der Waals surface area (Å²) in [6.07, 6.45) is 2.45. The predicted molar refractivity (Wildman–Crippen MR) is 123 cm³/mol. The van der Waals surface area contributed by atoms with Crippen molar-refractivity contribution < 1.29 is 23.5 Å². The summed E-state index contributed by atoms with van der Waals surface area (Å²) in [6, 6.07) is 12.9. The van der Waals surface area contributed by atoms with Crippen LogP contribution in [0.4, 0.5) is 4.39 Å². The number of ether oxygens (including phenoxy) is 2. The Labute approximate surface area is 198 Å². The molecule has 0 radical (unpaired) electrons. The monoisotopic (exact) mass is 474 g/mol. The molecular formula is C25H28ClFN2O4. The molecule has 8 heteroatoms. The van der Waals surface area contributed by atoms with E-state index >= 15 is 0 Å². The first-order valence-corrected chi connectivity index (χ1v) is 11.6. The molecule has 2 amide bonds. The largest absolute Gasteiger partial charge is 0.481 e. The molecule has 6 nitrogen and oxygen atoms in total. The average Bonchev–Trinajstić information content (AvgIpc) is 3.20. The lowest BCUT2D eigenvalue weighted by atomic mass is 9.88. The van der Waals surface area contributed by atoms with E-state index in [2.05, 4.69) is 5.32 Å². The van der Waals surface area contributed by atoms with Gasteiger partial charge in [-0.05, 0) is 62.9 Å². The zero-order chi connectivity index (χ0) is 23.4. The van der Waals surface area contributed by atoms with Gasteiger partial charge in [-0.15, -0.1) is 0 Å². The fraction of sp³-hybridized carbons (Fsp3) is 0.440. The van der Waals surface area contributed by atoms with Crippen molar-refractivity contribution in [3.8, 4) is 5.75 Å². The smallest absolute Gasteiger partial charge is 0.263 e. The van der Waals surface area contributed by atoms with Crippen LogP contribution in [0.1, 0.15) is 43.0 Å². The topological polar surface area (TPSA) is 67.9 Å². The predicted octanol–water partition coefficient (Wildman–Crippen LogP) is 4.22. The van der Waals surface area contributed by atoms with E-state index in [9.17, 15) is 14.0 Å². The van der Waals surface area contributed by atoms with E-state index in [1.54, 1.807) is 43.3 Å². The van der Waals surface area contributed by atoms with Crippen LogP contribution in [-0.2, 0) is 9.53 Å². The van der Waals surface area contributed by atoms with Gasteiger partial charge in [-0.1, -0.05) is 29.8 Å². The second kappa shape index (κ2) is 10.1. The molecule has 176 valence electrons. The van der Waals surface area contributed by atoms with E-state index in [1.165, 1.54) is 12.1 Å². The molecule has 0 aliphatic carbocycles. The summed E-state index contributed by atoms with van der Waals surface area (Å²) in [5, 5.41) is 3.34. The number of piperidine rings is 1. The van der Waals surface area contributed by atoms with Gasteiger partial charge in [0.05, 0.1) is 17.3 Å². The van der Waals surface area contributed by atoms with Gasteiger partial charge in [0.15, 0.2) is 6.10 Å². The van der Waals surface area contributed by atoms with E-state index < -0.39 is 17.8 Å². The van der Waals surface area contributed by atoms with E-state index in [0.717, 1.165) is 25.7 Å². The van der Waals surface area contributed by atoms with Crippen molar-refractivity contribution in [3.05, 3.63) is 64.9 Å². The zero-order valence-corrected chi connectivity index (χ0v) is 19.3. The number of amides is 2. The van der Waals surface area contributed by atoms with Crippen molar-refractivity contribution in [3.63, 3.8) is 0 Å². The third-order valence-electron chi connectivity index (χ3n) is 6.39. The van der Waals surface area contributed by atoms with Crippen LogP contribution in [0.3, 0.4) is 0 Å². The number of rotatable bonds is 6. The van der Waals surface area contributed by atoms with Crippen LogP contribution in [-0.4, -0.2) is 54.2 Å². The maximum atomic E-state index is 13.8. The van der Waals surface area contributed by atoms with Crippen LogP contribution in [0.2, 0.25) is 5.02 Å². The highest BCUT2D eigenvalue weighted by Crippen LogP contribution is 2.39. The Morgan fingerprint density at radius 2 is 1.97 bits per heavy atom. The third-order valence-corrected chi connectivity index (χ3v) is 6.63. The lowest BCUT2D eigenvalue weighted by Crippen LogP contribution is -2.50. The zero-order valence-electron chi connectivity index (χ0n) is 18.6. The van der Waals surface area contributed by atoms with Crippen molar-refractivity contribution in [2.75, 3.05) is 19.6 Å². The Morgan fingerprint density at radius 3 is 2.70 bits per heavy atom. The van der Waals surface area contributed by atoms with Crippen LogP contribution in [0.25, 0.3) is 0 Å². The Hall–Kier alpha value is -2.64. The minimum atomic E-state index is -0.608. The first-order chi connectivity index (χ1) is 15.8. The second-order valence-corrected chi connectivity index (χ2v) is 9.13. The molecule has 2 atom stereocenters. The normalized spacial score (nSPS) is 20.5. The van der Waals surface area contributed by atoms with Crippen LogP contribution in [0, 0.1) is 5.82 Å². The van der Waals surface area contributed by atoms with Crippen molar-refractivity contribution in [1.29, 1.82) is 0 Å². The maximum Gasteiger partial charge on any atom is 0.263 e. The first kappa shape index (κ1) is 23.5. The average molecular weight is 475 g/mol. The number of hydrogen-bond donors (Lipinski definition) is 1. The molecule has 2 aromatic carbocycles. The van der Waals surface area contributed by atoms with E-state index in [0.29, 0.717) is 30.4 Å². The number of nitrogens with one attached hydrogen (secondary N) is 1. The summed E-state index contributed by atoms with van der Waals surface area (Å²) in [5.74, 6) is -0.469. The van der Waals surface area contributed by atoms with Gasteiger partial charge in [-0.2, -0.15) is 0 Å². The first-order valence-electron chi connectivity index (χ1n) is 11.3. The molecule has 2 heterocycles. The molecule has 33 heavy (non-hydrogen) atoms. The molecule has 0 aromatic heterocycles. The molecule has 2 aliphatic rings. The number of benzene rings is 2. The van der Waals surface area contributed by atoms with Crippen molar-refractivity contribution >= 4 is 23.4 Å². The summed E-state index contributed by atoms with van der Waals surface area (Å²) >= 11 is 5.99. The van der Waals surface area contributed by atoms with Gasteiger partial charge in [0.25, 0.3) is 11.8 Å². The summed E-state index contributed by atoms with van der Waals surface area (Å²) in [5.41, 5.74) is -0.243. The van der Waals surface area contributed by atoms with Crippen molar-refractivity contribution in [1.82, 2.24) is 10.2 Å². The van der Waals surface area contributed by atoms with E-state index in [-0.39, 0.29) is 23.2 Å². The van der Waals surface area contributed by atoms with Gasteiger partial charge in [0.2, 0.25) is 0 Å². The number of hydrogen-bond acceptors (Lipinski definition) is 4. The number of likely N-dealkylation sites (tertiary alicyclic amines) is 1. The van der Waals surface area contributed by atoms with Gasteiger partial charge in [-0.3, -0.25) is 9.59 Å². The highest BCUT2D eigenvalue weighted by atomic mass is 35.5. The number of nitrogens with zero attached hydrogens (tertiary/aromatic N) is 1. The van der Waals surface area contributed by atoms with Crippen molar-refractivity contribution in [2.45, 2.75) is 50.4 Å². The minimum Gasteiger partial charge on any atom is -0.481 e.